The second kappa shape index (κ2) is 5.15. The number of hydrogen-bond acceptors (Lipinski definition) is 2. The number of nitrogens with zero attached hydrogens (tertiary/aromatic N) is 1. The zero-order valence-corrected chi connectivity index (χ0v) is 11.2. The molecule has 1 aliphatic carbocycles. The molecule has 2 N–H and O–H groups in total. The predicted octanol–water partition coefficient (Wildman–Crippen LogP) is 2.33. The number of anilines is 1. The molecule has 2 amide bonds. The molecule has 1 aromatic rings. The summed E-state index contributed by atoms with van der Waals surface area (Å²) in [7, 11) is 0. The minimum Gasteiger partial charge on any atom is -0.481 e. The molecule has 1 saturated carbocycles. The van der Waals surface area contributed by atoms with E-state index < -0.39 is 5.97 Å². The maximum atomic E-state index is 12.3. The summed E-state index contributed by atoms with van der Waals surface area (Å²) < 4.78 is 0. The van der Waals surface area contributed by atoms with Crippen LogP contribution in [0.5, 0.6) is 0 Å². The van der Waals surface area contributed by atoms with Gasteiger partial charge in [-0.25, -0.2) is 4.79 Å². The Morgan fingerprint density at radius 3 is 2.70 bits per heavy atom. The van der Waals surface area contributed by atoms with Crippen LogP contribution in [0.4, 0.5) is 10.5 Å². The lowest BCUT2D eigenvalue weighted by Gasteiger charge is -2.29. The third-order valence-electron chi connectivity index (χ3n) is 4.17. The molecule has 1 aromatic carbocycles. The van der Waals surface area contributed by atoms with Gasteiger partial charge in [0.2, 0.25) is 0 Å². The Kier molecular flexibility index (Phi) is 3.34. The molecule has 0 bridgehead atoms. The molecule has 1 fully saturated rings. The van der Waals surface area contributed by atoms with E-state index in [1.165, 1.54) is 6.42 Å². The average molecular weight is 274 g/mol. The lowest BCUT2D eigenvalue weighted by atomic mass is 9.93. The Balaban J connectivity index is 1.78. The molecule has 0 spiro atoms. The molecule has 1 aliphatic heterocycles. The first-order chi connectivity index (χ1) is 9.65. The Labute approximate surface area is 117 Å². The van der Waals surface area contributed by atoms with Gasteiger partial charge in [-0.05, 0) is 30.9 Å². The van der Waals surface area contributed by atoms with Crippen LogP contribution in [0.15, 0.2) is 24.3 Å². The summed E-state index contributed by atoms with van der Waals surface area (Å²) in [5, 5.41) is 12.0. The average Bonchev–Trinajstić information content (AvgIpc) is 2.72. The normalized spacial score (nSPS) is 21.2. The van der Waals surface area contributed by atoms with Crippen LogP contribution in [-0.2, 0) is 4.79 Å². The van der Waals surface area contributed by atoms with Gasteiger partial charge in [-0.1, -0.05) is 18.2 Å². The fourth-order valence-electron chi connectivity index (χ4n) is 2.88. The first-order valence-electron chi connectivity index (χ1n) is 7.04. The summed E-state index contributed by atoms with van der Waals surface area (Å²) in [5.41, 5.74) is 1.80. The quantitative estimate of drug-likeness (QED) is 0.888. The maximum Gasteiger partial charge on any atom is 0.322 e. The predicted molar refractivity (Wildman–Crippen MR) is 75.0 cm³/mol. The number of carboxylic acid groups (broad SMARTS) is 1. The van der Waals surface area contributed by atoms with E-state index in [9.17, 15) is 9.59 Å². The molecule has 1 atom stereocenters. The number of aliphatic carboxylic acids is 1. The van der Waals surface area contributed by atoms with E-state index in [0.717, 1.165) is 24.1 Å². The van der Waals surface area contributed by atoms with Crippen molar-refractivity contribution in [3.8, 4) is 0 Å². The van der Waals surface area contributed by atoms with Crippen molar-refractivity contribution in [1.82, 2.24) is 5.32 Å². The van der Waals surface area contributed by atoms with E-state index in [1.54, 1.807) is 4.90 Å². The number of amides is 2. The van der Waals surface area contributed by atoms with Crippen LogP contribution >= 0.6 is 0 Å². The van der Waals surface area contributed by atoms with Crippen LogP contribution in [0.2, 0.25) is 0 Å². The standard InChI is InChI=1S/C15H18N2O3/c18-14(19)8-10-9-17(13-7-2-1-6-12(10)13)15(20)16-11-4-3-5-11/h1-2,6-7,10-11H,3-5,8-9H2,(H,16,20)(H,18,19). The molecular formula is C15H18N2O3. The Bertz CT molecular complexity index is 540. The van der Waals surface area contributed by atoms with Crippen molar-refractivity contribution in [2.24, 2.45) is 0 Å². The van der Waals surface area contributed by atoms with Gasteiger partial charge in [0.15, 0.2) is 0 Å². The van der Waals surface area contributed by atoms with E-state index in [2.05, 4.69) is 5.32 Å². The number of fused-ring (bicyclic) bond motifs is 1. The van der Waals surface area contributed by atoms with Crippen LogP contribution in [0.25, 0.3) is 0 Å². The molecular weight excluding hydrogens is 256 g/mol. The molecule has 0 aromatic heterocycles. The Morgan fingerprint density at radius 2 is 2.05 bits per heavy atom. The number of para-hydroxylation sites is 1. The molecule has 20 heavy (non-hydrogen) atoms. The number of hydrogen-bond donors (Lipinski definition) is 2. The van der Waals surface area contributed by atoms with E-state index >= 15 is 0 Å². The van der Waals surface area contributed by atoms with Crippen molar-refractivity contribution in [3.05, 3.63) is 29.8 Å². The van der Waals surface area contributed by atoms with Crippen molar-refractivity contribution >= 4 is 17.7 Å². The highest BCUT2D eigenvalue weighted by Gasteiger charge is 2.34. The molecule has 5 heteroatoms. The molecule has 3 rings (SSSR count). The third kappa shape index (κ3) is 2.35. The van der Waals surface area contributed by atoms with Gasteiger partial charge in [0.1, 0.15) is 0 Å². The first-order valence-corrected chi connectivity index (χ1v) is 7.04. The Morgan fingerprint density at radius 1 is 1.30 bits per heavy atom. The van der Waals surface area contributed by atoms with Gasteiger partial charge in [-0.3, -0.25) is 9.69 Å². The topological polar surface area (TPSA) is 69.6 Å². The third-order valence-corrected chi connectivity index (χ3v) is 4.17. The van der Waals surface area contributed by atoms with Crippen LogP contribution in [-0.4, -0.2) is 29.7 Å². The lowest BCUT2D eigenvalue weighted by molar-refractivity contribution is -0.137. The number of carboxylic acids is 1. The van der Waals surface area contributed by atoms with Gasteiger partial charge in [-0.2, -0.15) is 0 Å². The largest absolute Gasteiger partial charge is 0.481 e. The molecule has 106 valence electrons. The number of urea groups is 1. The maximum absolute atomic E-state index is 12.3. The highest BCUT2D eigenvalue weighted by molar-refractivity contribution is 5.95. The van der Waals surface area contributed by atoms with Gasteiger partial charge >= 0.3 is 12.0 Å². The SMILES string of the molecule is O=C(O)CC1CN(C(=O)NC2CCC2)c2ccccc21. The monoisotopic (exact) mass is 274 g/mol. The minimum atomic E-state index is -0.828. The first kappa shape index (κ1) is 13.0. The fraction of sp³-hybridized carbons (Fsp3) is 0.467. The molecule has 0 radical (unpaired) electrons. The molecule has 0 saturated heterocycles. The van der Waals surface area contributed by atoms with E-state index in [4.69, 9.17) is 5.11 Å². The zero-order chi connectivity index (χ0) is 14.1. The van der Waals surface area contributed by atoms with Crippen LogP contribution in [0.3, 0.4) is 0 Å². The minimum absolute atomic E-state index is 0.0597. The van der Waals surface area contributed by atoms with Crippen LogP contribution in [0.1, 0.15) is 37.2 Å². The number of benzene rings is 1. The fourth-order valence-corrected chi connectivity index (χ4v) is 2.88. The summed E-state index contributed by atoms with van der Waals surface area (Å²) >= 11 is 0. The molecule has 2 aliphatic rings. The van der Waals surface area contributed by atoms with Crippen LogP contribution in [0, 0.1) is 0 Å². The van der Waals surface area contributed by atoms with Gasteiger partial charge in [0.05, 0.1) is 6.42 Å². The number of rotatable bonds is 3. The van der Waals surface area contributed by atoms with Crippen molar-refractivity contribution < 1.29 is 14.7 Å². The van der Waals surface area contributed by atoms with Gasteiger partial charge in [0.25, 0.3) is 0 Å². The second-order valence-electron chi connectivity index (χ2n) is 5.54. The summed E-state index contributed by atoms with van der Waals surface area (Å²) in [4.78, 5) is 24.9. The molecule has 1 unspecified atom stereocenters. The van der Waals surface area contributed by atoms with Gasteiger partial charge in [-0.15, -0.1) is 0 Å². The van der Waals surface area contributed by atoms with Crippen molar-refractivity contribution in [2.75, 3.05) is 11.4 Å². The highest BCUT2D eigenvalue weighted by atomic mass is 16.4. The summed E-state index contributed by atoms with van der Waals surface area (Å²) in [6.07, 6.45) is 3.31. The van der Waals surface area contributed by atoms with Crippen LogP contribution < -0.4 is 10.2 Å². The zero-order valence-electron chi connectivity index (χ0n) is 11.2. The number of nitrogens with one attached hydrogen (secondary N) is 1. The Hall–Kier alpha value is -2.04. The number of carbonyl (C=O) groups is 2. The molecule has 5 nitrogen and oxygen atoms in total. The van der Waals surface area contributed by atoms with E-state index in [1.807, 2.05) is 24.3 Å². The highest BCUT2D eigenvalue weighted by Crippen LogP contribution is 2.38. The van der Waals surface area contributed by atoms with Gasteiger partial charge < -0.3 is 10.4 Å². The molecule has 1 heterocycles. The smallest absolute Gasteiger partial charge is 0.322 e. The van der Waals surface area contributed by atoms with Gasteiger partial charge in [0, 0.05) is 24.2 Å². The number of carbonyl (C=O) groups excluding carboxylic acids is 1. The second-order valence-corrected chi connectivity index (χ2v) is 5.54. The summed E-state index contributed by atoms with van der Waals surface area (Å²) in [6.45, 7) is 0.449. The van der Waals surface area contributed by atoms with Crippen molar-refractivity contribution in [1.29, 1.82) is 0 Å². The van der Waals surface area contributed by atoms with E-state index in [0.29, 0.717) is 6.54 Å². The summed E-state index contributed by atoms with van der Waals surface area (Å²) in [6, 6.07) is 7.76. The van der Waals surface area contributed by atoms with E-state index in [-0.39, 0.29) is 24.4 Å². The summed E-state index contributed by atoms with van der Waals surface area (Å²) in [5.74, 6) is -0.943. The van der Waals surface area contributed by atoms with Crippen molar-refractivity contribution in [3.63, 3.8) is 0 Å². The lowest BCUT2D eigenvalue weighted by Crippen LogP contribution is -2.47. The van der Waals surface area contributed by atoms with Crippen molar-refractivity contribution in [2.45, 2.75) is 37.6 Å².